The van der Waals surface area contributed by atoms with Crippen LogP contribution in [0.15, 0.2) is 43.0 Å². The fourth-order valence-corrected chi connectivity index (χ4v) is 1.71. The fourth-order valence-electron chi connectivity index (χ4n) is 1.71. The quantitative estimate of drug-likeness (QED) is 0.415. The molecule has 0 aromatic heterocycles. The molecule has 1 aromatic rings. The second-order valence-corrected chi connectivity index (χ2v) is 5.10. The van der Waals surface area contributed by atoms with Gasteiger partial charge >= 0.3 is 0 Å². The Balaban J connectivity index is 2.65. The maximum absolute atomic E-state index is 12.1. The van der Waals surface area contributed by atoms with Gasteiger partial charge in [0.25, 0.3) is 0 Å². The van der Waals surface area contributed by atoms with Crippen molar-refractivity contribution in [3.8, 4) is 0 Å². The second kappa shape index (κ2) is 6.29. The topological polar surface area (TPSA) is 34.1 Å². The zero-order valence-electron chi connectivity index (χ0n) is 11.1. The summed E-state index contributed by atoms with van der Waals surface area (Å²) >= 11 is 0. The Bertz CT molecular complexity index is 430. The molecule has 0 aliphatic heterocycles. The van der Waals surface area contributed by atoms with E-state index in [4.69, 9.17) is 0 Å². The van der Waals surface area contributed by atoms with Crippen molar-refractivity contribution >= 4 is 11.6 Å². The van der Waals surface area contributed by atoms with E-state index in [9.17, 15) is 9.59 Å². The largest absolute Gasteiger partial charge is 0.299 e. The van der Waals surface area contributed by atoms with Crippen molar-refractivity contribution < 1.29 is 9.59 Å². The van der Waals surface area contributed by atoms with E-state index in [-0.39, 0.29) is 18.0 Å². The third-order valence-electron chi connectivity index (χ3n) is 3.15. The van der Waals surface area contributed by atoms with Gasteiger partial charge in [-0.2, -0.15) is 0 Å². The molecule has 0 N–H and O–H groups in total. The molecule has 0 saturated carbocycles. The van der Waals surface area contributed by atoms with Crippen molar-refractivity contribution in [1.82, 2.24) is 0 Å². The van der Waals surface area contributed by atoms with Crippen molar-refractivity contribution in [1.29, 1.82) is 0 Å². The lowest BCUT2D eigenvalue weighted by molar-refractivity contribution is -0.126. The number of benzene rings is 1. The van der Waals surface area contributed by atoms with Crippen LogP contribution >= 0.6 is 0 Å². The number of ketones is 2. The molecular formula is C16H20O2. The van der Waals surface area contributed by atoms with Crippen molar-refractivity contribution in [2.75, 3.05) is 0 Å². The third-order valence-corrected chi connectivity index (χ3v) is 3.15. The lowest BCUT2D eigenvalue weighted by Gasteiger charge is -2.21. The molecule has 0 spiro atoms. The molecule has 1 rings (SSSR count). The number of carbonyl (C=O) groups is 2. The van der Waals surface area contributed by atoms with Gasteiger partial charge in [-0.15, -0.1) is 6.58 Å². The number of rotatable bonds is 7. The predicted molar refractivity (Wildman–Crippen MR) is 73.6 cm³/mol. The Morgan fingerprint density at radius 1 is 1.22 bits per heavy atom. The van der Waals surface area contributed by atoms with Crippen molar-refractivity contribution in [3.05, 3.63) is 48.6 Å². The molecule has 1 aromatic carbocycles. The summed E-state index contributed by atoms with van der Waals surface area (Å²) in [4.78, 5) is 24.0. The Morgan fingerprint density at radius 3 is 2.39 bits per heavy atom. The van der Waals surface area contributed by atoms with E-state index in [2.05, 4.69) is 6.58 Å². The number of hydrogen-bond donors (Lipinski definition) is 0. The molecule has 0 atom stereocenters. The molecule has 0 saturated heterocycles. The van der Waals surface area contributed by atoms with E-state index in [1.807, 2.05) is 19.9 Å². The minimum Gasteiger partial charge on any atom is -0.299 e. The highest BCUT2D eigenvalue weighted by Crippen LogP contribution is 2.26. The molecule has 0 heterocycles. The van der Waals surface area contributed by atoms with Crippen LogP contribution < -0.4 is 0 Å². The van der Waals surface area contributed by atoms with Gasteiger partial charge in [0.15, 0.2) is 5.78 Å². The van der Waals surface area contributed by atoms with Crippen molar-refractivity contribution in [2.45, 2.75) is 33.1 Å². The van der Waals surface area contributed by atoms with Gasteiger partial charge in [-0.1, -0.05) is 50.3 Å². The van der Waals surface area contributed by atoms with Crippen molar-refractivity contribution in [3.63, 3.8) is 0 Å². The summed E-state index contributed by atoms with van der Waals surface area (Å²) in [7, 11) is 0. The third kappa shape index (κ3) is 3.95. The van der Waals surface area contributed by atoms with Gasteiger partial charge in [0.2, 0.25) is 0 Å². The molecule has 2 heteroatoms. The van der Waals surface area contributed by atoms with Crippen LogP contribution in [-0.2, 0) is 4.79 Å². The van der Waals surface area contributed by atoms with E-state index in [1.165, 1.54) is 0 Å². The van der Waals surface area contributed by atoms with Gasteiger partial charge in [-0.25, -0.2) is 0 Å². The summed E-state index contributed by atoms with van der Waals surface area (Å²) in [6.07, 6.45) is 3.30. The number of carbonyl (C=O) groups excluding carboxylic acids is 2. The molecule has 0 amide bonds. The predicted octanol–water partition coefficient (Wildman–Crippen LogP) is 3.82. The van der Waals surface area contributed by atoms with Gasteiger partial charge in [0.1, 0.15) is 5.78 Å². The molecule has 2 nitrogen and oxygen atoms in total. The van der Waals surface area contributed by atoms with E-state index >= 15 is 0 Å². The molecule has 0 unspecified atom stereocenters. The van der Waals surface area contributed by atoms with Crippen LogP contribution in [0.25, 0.3) is 0 Å². The van der Waals surface area contributed by atoms with Gasteiger partial charge in [0, 0.05) is 11.0 Å². The highest BCUT2D eigenvalue weighted by atomic mass is 16.1. The first-order valence-corrected chi connectivity index (χ1v) is 6.20. The van der Waals surface area contributed by atoms with Gasteiger partial charge in [-0.05, 0) is 12.8 Å². The van der Waals surface area contributed by atoms with Crippen LogP contribution in [0.2, 0.25) is 0 Å². The minimum atomic E-state index is -0.460. The minimum absolute atomic E-state index is 0.00166. The summed E-state index contributed by atoms with van der Waals surface area (Å²) in [5.74, 6) is -0.106. The van der Waals surface area contributed by atoms with Crippen LogP contribution in [0, 0.1) is 5.41 Å². The lowest BCUT2D eigenvalue weighted by atomic mass is 9.81. The highest BCUT2D eigenvalue weighted by Gasteiger charge is 2.28. The molecule has 18 heavy (non-hydrogen) atoms. The Morgan fingerprint density at radius 2 is 1.83 bits per heavy atom. The number of hydrogen-bond acceptors (Lipinski definition) is 2. The SMILES string of the molecule is C=CCCC(C)(C)C(=O)CC(=O)c1ccccc1. The van der Waals surface area contributed by atoms with Crippen LogP contribution in [0.1, 0.15) is 43.5 Å². The zero-order chi connectivity index (χ0) is 13.6. The molecule has 0 fully saturated rings. The van der Waals surface area contributed by atoms with E-state index < -0.39 is 5.41 Å². The summed E-state index contributed by atoms with van der Waals surface area (Å²) in [6.45, 7) is 7.43. The Kier molecular flexibility index (Phi) is 5.02. The molecule has 0 aliphatic rings. The van der Waals surface area contributed by atoms with Crippen molar-refractivity contribution in [2.24, 2.45) is 5.41 Å². The monoisotopic (exact) mass is 244 g/mol. The van der Waals surface area contributed by atoms with Crippen LogP contribution in [-0.4, -0.2) is 11.6 Å². The molecular weight excluding hydrogens is 224 g/mol. The number of allylic oxidation sites excluding steroid dienone is 1. The lowest BCUT2D eigenvalue weighted by Crippen LogP contribution is -2.26. The summed E-state index contributed by atoms with van der Waals surface area (Å²) in [5.41, 5.74) is 0.143. The normalized spacial score (nSPS) is 11.0. The first-order valence-electron chi connectivity index (χ1n) is 6.20. The molecule has 96 valence electrons. The summed E-state index contributed by atoms with van der Waals surface area (Å²) in [6, 6.07) is 8.95. The van der Waals surface area contributed by atoms with Crippen LogP contribution in [0.3, 0.4) is 0 Å². The standard InChI is InChI=1S/C16H20O2/c1-4-5-11-16(2,3)15(18)12-14(17)13-9-7-6-8-10-13/h4,6-10H,1,5,11-12H2,2-3H3. The second-order valence-electron chi connectivity index (χ2n) is 5.10. The van der Waals surface area contributed by atoms with E-state index in [0.29, 0.717) is 5.56 Å². The Hall–Kier alpha value is -1.70. The zero-order valence-corrected chi connectivity index (χ0v) is 11.1. The summed E-state index contributed by atoms with van der Waals surface area (Å²) < 4.78 is 0. The average Bonchev–Trinajstić information content (AvgIpc) is 2.37. The number of Topliss-reactive ketones (excluding diaryl/α,β-unsaturated/α-hetero) is 2. The van der Waals surface area contributed by atoms with Gasteiger partial charge < -0.3 is 0 Å². The van der Waals surface area contributed by atoms with E-state index in [1.54, 1.807) is 30.3 Å². The molecule has 0 aliphatic carbocycles. The van der Waals surface area contributed by atoms with Gasteiger partial charge in [0.05, 0.1) is 6.42 Å². The van der Waals surface area contributed by atoms with Gasteiger partial charge in [-0.3, -0.25) is 9.59 Å². The maximum Gasteiger partial charge on any atom is 0.170 e. The highest BCUT2D eigenvalue weighted by molar-refractivity contribution is 6.09. The summed E-state index contributed by atoms with van der Waals surface area (Å²) in [5, 5.41) is 0. The molecule has 0 bridgehead atoms. The maximum atomic E-state index is 12.1. The van der Waals surface area contributed by atoms with E-state index in [0.717, 1.165) is 12.8 Å². The Labute approximate surface area is 109 Å². The first kappa shape index (κ1) is 14.4. The van der Waals surface area contributed by atoms with Crippen LogP contribution in [0.4, 0.5) is 0 Å². The fraction of sp³-hybridized carbons (Fsp3) is 0.375. The molecule has 0 radical (unpaired) electrons. The smallest absolute Gasteiger partial charge is 0.170 e. The first-order chi connectivity index (χ1) is 8.47. The average molecular weight is 244 g/mol. The van der Waals surface area contributed by atoms with Crippen LogP contribution in [0.5, 0.6) is 0 Å².